The van der Waals surface area contributed by atoms with Gasteiger partial charge in [0.1, 0.15) is 5.76 Å². The third-order valence-corrected chi connectivity index (χ3v) is 4.19. The van der Waals surface area contributed by atoms with Crippen molar-refractivity contribution in [3.8, 4) is 0 Å². The van der Waals surface area contributed by atoms with Crippen molar-refractivity contribution in [2.75, 3.05) is 4.47 Å². The summed E-state index contributed by atoms with van der Waals surface area (Å²) in [5.74, 6) is 1.12. The number of anilines is 1. The summed E-state index contributed by atoms with van der Waals surface area (Å²) in [6.07, 6.45) is 0. The quantitative estimate of drug-likeness (QED) is 0.686. The molecule has 0 aliphatic rings. The molecule has 6 heteroatoms. The smallest absolute Gasteiger partial charge is 0.210 e. The normalized spacial score (nSPS) is 10.6. The number of rotatable bonds is 3. The van der Waals surface area contributed by atoms with Crippen molar-refractivity contribution in [1.29, 1.82) is 0 Å². The van der Waals surface area contributed by atoms with Crippen LogP contribution in [0.5, 0.6) is 0 Å². The molecule has 0 amide bonds. The van der Waals surface area contributed by atoms with Crippen molar-refractivity contribution in [3.63, 3.8) is 0 Å². The molecule has 1 N–H and O–H groups in total. The molecular formula is C11H11BrN2O2S. The first-order valence-electron chi connectivity index (χ1n) is 4.94. The van der Waals surface area contributed by atoms with Crippen molar-refractivity contribution in [2.24, 2.45) is 0 Å². The molecule has 0 saturated carbocycles. The van der Waals surface area contributed by atoms with Crippen LogP contribution in [0, 0.1) is 13.8 Å². The maximum absolute atomic E-state index is 9.95. The zero-order chi connectivity index (χ0) is 12.4. The van der Waals surface area contributed by atoms with Gasteiger partial charge in [-0.1, -0.05) is 17.3 Å². The van der Waals surface area contributed by atoms with E-state index < -0.39 is 0 Å². The Morgan fingerprint density at radius 2 is 2.06 bits per heavy atom. The second-order valence-corrected chi connectivity index (χ2v) is 5.30. The van der Waals surface area contributed by atoms with Crippen LogP contribution in [0.1, 0.15) is 11.3 Å². The Kier molecular flexibility index (Phi) is 3.76. The Bertz CT molecular complexity index is 530. The van der Waals surface area contributed by atoms with Gasteiger partial charge in [-0.25, -0.2) is 0 Å². The first-order chi connectivity index (χ1) is 8.09. The molecule has 0 radical (unpaired) electrons. The van der Waals surface area contributed by atoms with E-state index in [1.165, 1.54) is 11.9 Å². The molecule has 0 aliphatic carbocycles. The van der Waals surface area contributed by atoms with E-state index in [1.54, 1.807) is 0 Å². The molecule has 2 rings (SSSR count). The van der Waals surface area contributed by atoms with Crippen LogP contribution in [0.15, 0.2) is 38.2 Å². The van der Waals surface area contributed by atoms with Crippen LogP contribution in [-0.4, -0.2) is 10.4 Å². The molecule has 1 aromatic heterocycles. The molecular weight excluding hydrogens is 304 g/mol. The fraction of sp³-hybridized carbons (Fsp3) is 0.182. The highest BCUT2D eigenvalue weighted by molar-refractivity contribution is 9.10. The van der Waals surface area contributed by atoms with Crippen molar-refractivity contribution in [1.82, 2.24) is 5.16 Å². The molecule has 17 heavy (non-hydrogen) atoms. The van der Waals surface area contributed by atoms with Gasteiger partial charge in [0.2, 0.25) is 5.82 Å². The van der Waals surface area contributed by atoms with Gasteiger partial charge in [-0.15, -0.1) is 0 Å². The lowest BCUT2D eigenvalue weighted by molar-refractivity contribution is 0.317. The van der Waals surface area contributed by atoms with Crippen LogP contribution in [0.3, 0.4) is 0 Å². The summed E-state index contributed by atoms with van der Waals surface area (Å²) in [7, 11) is 0. The Labute approximate surface area is 112 Å². The van der Waals surface area contributed by atoms with Gasteiger partial charge in [0.05, 0.1) is 0 Å². The summed E-state index contributed by atoms with van der Waals surface area (Å²) >= 11 is 4.59. The number of hydrogen-bond acceptors (Lipinski definition) is 5. The summed E-state index contributed by atoms with van der Waals surface area (Å²) in [5, 5.41) is 13.8. The monoisotopic (exact) mass is 314 g/mol. The molecule has 0 bridgehead atoms. The van der Waals surface area contributed by atoms with Gasteiger partial charge < -0.3 is 4.52 Å². The van der Waals surface area contributed by atoms with Crippen molar-refractivity contribution in [2.45, 2.75) is 18.7 Å². The molecule has 4 nitrogen and oxygen atoms in total. The predicted octanol–water partition coefficient (Wildman–Crippen LogP) is 3.96. The second kappa shape index (κ2) is 5.12. The van der Waals surface area contributed by atoms with E-state index >= 15 is 0 Å². The Morgan fingerprint density at radius 3 is 2.65 bits per heavy atom. The zero-order valence-corrected chi connectivity index (χ0v) is 11.7. The minimum Gasteiger partial charge on any atom is -0.359 e. The van der Waals surface area contributed by atoms with E-state index in [2.05, 4.69) is 21.1 Å². The summed E-state index contributed by atoms with van der Waals surface area (Å²) in [6, 6.07) is 7.64. The highest BCUT2D eigenvalue weighted by Gasteiger charge is 2.16. The Morgan fingerprint density at radius 1 is 1.35 bits per heavy atom. The van der Waals surface area contributed by atoms with Gasteiger partial charge >= 0.3 is 0 Å². The van der Waals surface area contributed by atoms with Gasteiger partial charge in [-0.2, -0.15) is 4.47 Å². The number of benzene rings is 1. The summed E-state index contributed by atoms with van der Waals surface area (Å²) < 4.78 is 6.93. The van der Waals surface area contributed by atoms with E-state index in [1.807, 2.05) is 38.1 Å². The fourth-order valence-corrected chi connectivity index (χ4v) is 2.48. The van der Waals surface area contributed by atoms with Crippen molar-refractivity contribution < 1.29 is 9.73 Å². The Balaban J connectivity index is 2.20. The topological polar surface area (TPSA) is 49.5 Å². The van der Waals surface area contributed by atoms with E-state index in [0.717, 1.165) is 19.4 Å². The highest BCUT2D eigenvalue weighted by atomic mass is 79.9. The first-order valence-corrected chi connectivity index (χ1v) is 6.50. The highest BCUT2D eigenvalue weighted by Crippen LogP contribution is 2.33. The average Bonchev–Trinajstić information content (AvgIpc) is 2.63. The summed E-state index contributed by atoms with van der Waals surface area (Å²) in [6.45, 7) is 3.66. The lowest BCUT2D eigenvalue weighted by atomic mass is 10.3. The van der Waals surface area contributed by atoms with Gasteiger partial charge in [0.15, 0.2) is 0 Å². The van der Waals surface area contributed by atoms with E-state index in [4.69, 9.17) is 4.52 Å². The number of hydrogen-bond donors (Lipinski definition) is 1. The lowest BCUT2D eigenvalue weighted by Gasteiger charge is -2.13. The number of aromatic nitrogens is 1. The van der Waals surface area contributed by atoms with Gasteiger partial charge in [-0.3, -0.25) is 5.21 Å². The minimum absolute atomic E-state index is 0.420. The number of aryl methyl sites for hydroxylation is 1. The molecule has 90 valence electrons. The van der Waals surface area contributed by atoms with Crippen LogP contribution in [0.4, 0.5) is 5.82 Å². The molecule has 0 spiro atoms. The third kappa shape index (κ3) is 2.65. The lowest BCUT2D eigenvalue weighted by Crippen LogP contribution is -2.09. The van der Waals surface area contributed by atoms with Crippen LogP contribution in [-0.2, 0) is 0 Å². The van der Waals surface area contributed by atoms with Crippen LogP contribution < -0.4 is 4.47 Å². The van der Waals surface area contributed by atoms with E-state index in [-0.39, 0.29) is 0 Å². The number of nitrogens with zero attached hydrogens (tertiary/aromatic N) is 2. The zero-order valence-electron chi connectivity index (χ0n) is 9.35. The maximum atomic E-state index is 9.95. The van der Waals surface area contributed by atoms with Gasteiger partial charge in [0, 0.05) is 26.9 Å². The van der Waals surface area contributed by atoms with Crippen molar-refractivity contribution in [3.05, 3.63) is 40.1 Å². The molecule has 0 aliphatic heterocycles. The molecule has 2 aromatic rings. The number of halogens is 1. The molecule has 0 atom stereocenters. The summed E-state index contributed by atoms with van der Waals surface area (Å²) in [5.41, 5.74) is 0.826. The van der Waals surface area contributed by atoms with Gasteiger partial charge in [0.25, 0.3) is 0 Å². The molecule has 0 unspecified atom stereocenters. The molecule has 0 saturated heterocycles. The van der Waals surface area contributed by atoms with Gasteiger partial charge in [-0.05, 0) is 41.9 Å². The molecule has 1 aromatic carbocycles. The second-order valence-electron chi connectivity index (χ2n) is 3.48. The predicted molar refractivity (Wildman–Crippen MR) is 70.2 cm³/mol. The largest absolute Gasteiger partial charge is 0.359 e. The molecule has 1 heterocycles. The van der Waals surface area contributed by atoms with Crippen LogP contribution in [0.25, 0.3) is 0 Å². The first kappa shape index (κ1) is 12.5. The maximum Gasteiger partial charge on any atom is 0.210 e. The molecule has 0 fully saturated rings. The van der Waals surface area contributed by atoms with Crippen LogP contribution in [0.2, 0.25) is 0 Å². The summed E-state index contributed by atoms with van der Waals surface area (Å²) in [4.78, 5) is 0.898. The third-order valence-electron chi connectivity index (χ3n) is 2.34. The Hall–Kier alpha value is -0.980. The minimum atomic E-state index is 0.420. The SMILES string of the molecule is Cc1onc(N(O)Sc2ccccc2Br)c1C. The standard InChI is InChI=1S/C11H11BrN2O2S/c1-7-8(2)16-13-11(7)14(15)17-10-6-4-3-5-9(10)12/h3-6,15H,1-2H3. The van der Waals surface area contributed by atoms with Crippen LogP contribution >= 0.6 is 27.9 Å². The van der Waals surface area contributed by atoms with E-state index in [9.17, 15) is 5.21 Å². The fourth-order valence-electron chi connectivity index (χ4n) is 1.24. The van der Waals surface area contributed by atoms with E-state index in [0.29, 0.717) is 11.6 Å². The average molecular weight is 315 g/mol. The van der Waals surface area contributed by atoms with Crippen molar-refractivity contribution >= 4 is 33.7 Å².